The molecule has 0 fully saturated rings. The molecule has 2 aromatic rings. The van der Waals surface area contributed by atoms with Crippen LogP contribution >= 0.6 is 0 Å². The van der Waals surface area contributed by atoms with Crippen molar-refractivity contribution in [2.45, 2.75) is 39.2 Å². The number of ether oxygens (including phenoxy) is 1. The van der Waals surface area contributed by atoms with Crippen LogP contribution in [0.1, 0.15) is 49.0 Å². The van der Waals surface area contributed by atoms with Crippen LogP contribution in [-0.4, -0.2) is 17.9 Å². The van der Waals surface area contributed by atoms with Crippen LogP contribution in [0, 0.1) is 29.1 Å². The van der Waals surface area contributed by atoms with Gasteiger partial charge in [-0.05, 0) is 19.4 Å². The number of hydrogen-bond donors (Lipinski definition) is 0. The summed E-state index contributed by atoms with van der Waals surface area (Å²) >= 11 is 0. The normalized spacial score (nSPS) is 15.9. The first kappa shape index (κ1) is 22.5. The molecule has 4 nitrogen and oxygen atoms in total. The molecule has 1 heterocycles. The Balaban J connectivity index is 2.13. The Hall–Kier alpha value is -3.23. The molecule has 0 bridgehead atoms. The van der Waals surface area contributed by atoms with Crippen molar-refractivity contribution < 1.29 is 36.3 Å². The number of amides is 2. The van der Waals surface area contributed by atoms with Crippen molar-refractivity contribution >= 4 is 23.6 Å². The lowest BCUT2D eigenvalue weighted by molar-refractivity contribution is -0.124. The van der Waals surface area contributed by atoms with Gasteiger partial charge in [0.15, 0.2) is 35.1 Å². The second-order valence-corrected chi connectivity index (χ2v) is 6.92. The molecule has 0 N–H and O–H groups in total. The van der Waals surface area contributed by atoms with Gasteiger partial charge in [-0.15, -0.1) is 0 Å². The summed E-state index contributed by atoms with van der Waals surface area (Å²) in [4.78, 5) is 25.9. The zero-order chi connectivity index (χ0) is 22.9. The second-order valence-electron chi connectivity index (χ2n) is 6.92. The largest absolute Gasteiger partial charge is 0.478 e. The molecular weight excluding hydrogens is 421 g/mol. The van der Waals surface area contributed by atoms with E-state index in [0.717, 1.165) is 19.3 Å². The van der Waals surface area contributed by atoms with Crippen molar-refractivity contribution in [1.29, 1.82) is 0 Å². The van der Waals surface area contributed by atoms with Crippen molar-refractivity contribution in [3.8, 4) is 5.75 Å². The number of benzene rings is 2. The molecule has 0 saturated heterocycles. The average molecular weight is 439 g/mol. The topological polar surface area (TPSA) is 46.6 Å². The predicted molar refractivity (Wildman–Crippen MR) is 103 cm³/mol. The summed E-state index contributed by atoms with van der Waals surface area (Å²) in [7, 11) is 0. The summed E-state index contributed by atoms with van der Waals surface area (Å²) < 4.78 is 74.6. The Morgan fingerprint density at radius 1 is 1.06 bits per heavy atom. The van der Waals surface area contributed by atoms with Gasteiger partial charge in [0.05, 0.1) is 5.69 Å². The molecular formula is C22H18F5NO3. The lowest BCUT2D eigenvalue weighted by Crippen LogP contribution is -2.48. The lowest BCUT2D eigenvalue weighted by Gasteiger charge is -2.32. The first-order valence-corrected chi connectivity index (χ1v) is 9.56. The zero-order valence-corrected chi connectivity index (χ0v) is 16.6. The van der Waals surface area contributed by atoms with Gasteiger partial charge in [0, 0.05) is 5.56 Å². The molecule has 0 spiro atoms. The van der Waals surface area contributed by atoms with E-state index >= 15 is 0 Å². The van der Waals surface area contributed by atoms with Gasteiger partial charge in [0.1, 0.15) is 5.56 Å². The van der Waals surface area contributed by atoms with Crippen LogP contribution in [0.2, 0.25) is 0 Å². The summed E-state index contributed by atoms with van der Waals surface area (Å²) in [5.74, 6) is -14.2. The third kappa shape index (κ3) is 3.92. The summed E-state index contributed by atoms with van der Waals surface area (Å²) in [5, 5.41) is 0. The van der Waals surface area contributed by atoms with Gasteiger partial charge in [0.25, 0.3) is 11.8 Å². The van der Waals surface area contributed by atoms with Crippen LogP contribution in [0.5, 0.6) is 5.75 Å². The number of halogens is 5. The number of unbranched alkanes of at least 4 members (excludes halogenated alkanes) is 2. The predicted octanol–water partition coefficient (Wildman–Crippen LogP) is 5.54. The van der Waals surface area contributed by atoms with Crippen LogP contribution in [0.15, 0.2) is 24.3 Å². The Morgan fingerprint density at radius 2 is 1.68 bits per heavy atom. The molecule has 0 saturated carbocycles. The highest BCUT2D eigenvalue weighted by Crippen LogP contribution is 2.39. The van der Waals surface area contributed by atoms with Crippen molar-refractivity contribution in [1.82, 2.24) is 0 Å². The monoisotopic (exact) mass is 439 g/mol. The van der Waals surface area contributed by atoms with Crippen LogP contribution < -0.4 is 9.64 Å². The molecule has 31 heavy (non-hydrogen) atoms. The fourth-order valence-electron chi connectivity index (χ4n) is 3.15. The first-order valence-electron chi connectivity index (χ1n) is 9.56. The Kier molecular flexibility index (Phi) is 6.42. The minimum absolute atomic E-state index is 0.0829. The Morgan fingerprint density at radius 3 is 2.29 bits per heavy atom. The van der Waals surface area contributed by atoms with E-state index in [-0.39, 0.29) is 11.4 Å². The number of allylic oxidation sites excluding steroid dienone is 1. The number of hydrogen-bond acceptors (Lipinski definition) is 3. The van der Waals surface area contributed by atoms with Gasteiger partial charge in [-0.2, -0.15) is 0 Å². The summed E-state index contributed by atoms with van der Waals surface area (Å²) in [6.07, 6.45) is 5.01. The summed E-state index contributed by atoms with van der Waals surface area (Å²) in [5.41, 5.74) is -1.38. The van der Waals surface area contributed by atoms with Crippen molar-refractivity contribution in [2.24, 2.45) is 0 Å². The molecule has 1 aliphatic rings. The average Bonchev–Trinajstić information content (AvgIpc) is 2.75. The van der Waals surface area contributed by atoms with E-state index in [1.807, 2.05) is 13.0 Å². The first-order chi connectivity index (χ1) is 14.7. The fourth-order valence-corrected chi connectivity index (χ4v) is 3.15. The molecule has 1 unspecified atom stereocenters. The lowest BCUT2D eigenvalue weighted by atomic mass is 10.1. The van der Waals surface area contributed by atoms with Gasteiger partial charge in [-0.1, -0.05) is 44.1 Å². The minimum atomic E-state index is -2.40. The van der Waals surface area contributed by atoms with Crippen LogP contribution in [0.4, 0.5) is 27.6 Å². The molecule has 2 amide bonds. The molecule has 0 aromatic heterocycles. The van der Waals surface area contributed by atoms with Gasteiger partial charge in [-0.25, -0.2) is 26.9 Å². The third-order valence-corrected chi connectivity index (χ3v) is 4.78. The molecule has 164 valence electrons. The van der Waals surface area contributed by atoms with E-state index in [4.69, 9.17) is 4.74 Å². The highest BCUT2D eigenvalue weighted by Gasteiger charge is 2.41. The van der Waals surface area contributed by atoms with Gasteiger partial charge in [-0.3, -0.25) is 9.59 Å². The number of anilines is 1. The Labute approximate surface area is 174 Å². The maximum absolute atomic E-state index is 14.2. The molecule has 0 aliphatic carbocycles. The van der Waals surface area contributed by atoms with Crippen molar-refractivity contribution in [3.63, 3.8) is 0 Å². The molecule has 3 rings (SSSR count). The molecule has 1 aliphatic heterocycles. The Bertz CT molecular complexity index is 1050. The zero-order valence-electron chi connectivity index (χ0n) is 16.6. The summed E-state index contributed by atoms with van der Waals surface area (Å²) in [6, 6.07) is 4.40. The molecule has 2 aromatic carbocycles. The van der Waals surface area contributed by atoms with Gasteiger partial charge >= 0.3 is 0 Å². The standard InChI is InChI=1S/C22H18F5NO3/c1-3-4-5-6-8-12-9-7-10-13-20(12)31-11(2)21(29)28(13)22(30)14-15(23)17(25)19(27)18(26)16(14)24/h6-11H,3-5H2,1-2H3/b8-6+. The smallest absolute Gasteiger partial charge is 0.274 e. The molecule has 0 radical (unpaired) electrons. The second kappa shape index (κ2) is 8.87. The number of carbonyl (C=O) groups excluding carboxylic acids is 2. The van der Waals surface area contributed by atoms with E-state index in [1.165, 1.54) is 19.1 Å². The maximum atomic E-state index is 14.2. The van der Waals surface area contributed by atoms with Crippen LogP contribution in [0.25, 0.3) is 6.08 Å². The molecule has 1 atom stereocenters. The third-order valence-electron chi connectivity index (χ3n) is 4.78. The van der Waals surface area contributed by atoms with Crippen molar-refractivity contribution in [3.05, 3.63) is 64.5 Å². The van der Waals surface area contributed by atoms with Gasteiger partial charge < -0.3 is 4.74 Å². The van der Waals surface area contributed by atoms with E-state index < -0.39 is 52.6 Å². The molecule has 9 heteroatoms. The highest BCUT2D eigenvalue weighted by atomic mass is 19.2. The number of para-hydroxylation sites is 1. The summed E-state index contributed by atoms with van der Waals surface area (Å²) in [6.45, 7) is 3.33. The quantitative estimate of drug-likeness (QED) is 0.202. The van der Waals surface area contributed by atoms with E-state index in [2.05, 4.69) is 0 Å². The number of carbonyl (C=O) groups is 2. The van der Waals surface area contributed by atoms with Gasteiger partial charge in [0.2, 0.25) is 5.82 Å². The minimum Gasteiger partial charge on any atom is -0.478 e. The highest BCUT2D eigenvalue weighted by molar-refractivity contribution is 6.24. The van der Waals surface area contributed by atoms with Crippen LogP contribution in [0.3, 0.4) is 0 Å². The number of fused-ring (bicyclic) bond motifs is 1. The van der Waals surface area contributed by atoms with Crippen LogP contribution in [-0.2, 0) is 4.79 Å². The number of nitrogens with zero attached hydrogens (tertiary/aromatic N) is 1. The fraction of sp³-hybridized carbons (Fsp3) is 0.273. The maximum Gasteiger partial charge on any atom is 0.274 e. The van der Waals surface area contributed by atoms with Crippen molar-refractivity contribution in [2.75, 3.05) is 4.90 Å². The SMILES string of the molecule is CCCC/C=C/c1cccc2c1OC(C)C(=O)N2C(=O)c1c(F)c(F)c(F)c(F)c1F. The van der Waals surface area contributed by atoms with E-state index in [1.54, 1.807) is 12.1 Å². The van der Waals surface area contributed by atoms with E-state index in [9.17, 15) is 31.5 Å². The van der Waals surface area contributed by atoms with E-state index in [0.29, 0.717) is 10.5 Å². The number of imide groups is 1. The number of rotatable bonds is 5.